The van der Waals surface area contributed by atoms with Gasteiger partial charge in [-0.25, -0.2) is 4.90 Å². The van der Waals surface area contributed by atoms with Crippen molar-refractivity contribution in [2.45, 2.75) is 51.0 Å². The summed E-state index contributed by atoms with van der Waals surface area (Å²) in [6.07, 6.45) is -8.80. The quantitative estimate of drug-likeness (QED) is 0.105. The zero-order valence-electron chi connectivity index (χ0n) is 27.0. The van der Waals surface area contributed by atoms with Crippen LogP contribution in [0.25, 0.3) is 6.08 Å². The van der Waals surface area contributed by atoms with Crippen LogP contribution in [0, 0.1) is 17.8 Å². The number of phenolic OH excluding ortho intramolecular Hbond substituents is 1. The number of nitrogens with zero attached hydrogens (tertiary/aromatic N) is 1. The Morgan fingerprint density at radius 1 is 0.980 bits per heavy atom. The molecule has 2 aliphatic heterocycles. The second-order valence-electron chi connectivity index (χ2n) is 12.9. The highest BCUT2D eigenvalue weighted by molar-refractivity contribution is 6.43. The molecule has 4 atom stereocenters. The Morgan fingerprint density at radius 2 is 1.65 bits per heavy atom. The molecule has 51 heavy (non-hydrogen) atoms. The van der Waals surface area contributed by atoms with E-state index in [1.54, 1.807) is 36.4 Å². The van der Waals surface area contributed by atoms with Crippen LogP contribution in [0.1, 0.15) is 42.9 Å². The summed E-state index contributed by atoms with van der Waals surface area (Å²) in [6, 6.07) is 14.0. The molecule has 2 heterocycles. The molecule has 0 saturated carbocycles. The van der Waals surface area contributed by atoms with Crippen LogP contribution in [0.4, 0.5) is 32.0 Å². The lowest BCUT2D eigenvalue weighted by atomic mass is 9.58. The first-order valence-electron chi connectivity index (χ1n) is 16.1. The first-order valence-corrected chi connectivity index (χ1v) is 16.4. The van der Waals surface area contributed by atoms with E-state index in [1.807, 2.05) is 13.0 Å². The van der Waals surface area contributed by atoms with Gasteiger partial charge < -0.3 is 19.5 Å². The van der Waals surface area contributed by atoms with Crippen molar-refractivity contribution in [3.8, 4) is 11.5 Å². The largest absolute Gasteiger partial charge is 0.508 e. The monoisotopic (exact) mass is 733 g/mol. The molecule has 1 aliphatic carbocycles. The Bertz CT molecular complexity index is 1870. The lowest BCUT2D eigenvalue weighted by Gasteiger charge is -2.43. The number of para-hydroxylation sites is 1. The summed E-state index contributed by atoms with van der Waals surface area (Å²) in [5.41, 5.74) is -1.42. The Kier molecular flexibility index (Phi) is 10.1. The highest BCUT2D eigenvalue weighted by Gasteiger charge is 2.58. The normalized spacial score (nSPS) is 22.7. The fourth-order valence-electron chi connectivity index (χ4n) is 7.24. The molecule has 2 saturated heterocycles. The number of anilines is 1. The van der Waals surface area contributed by atoms with Crippen molar-refractivity contribution in [3.63, 3.8) is 0 Å². The Hall–Kier alpha value is -4.27. The van der Waals surface area contributed by atoms with Crippen molar-refractivity contribution < 1.29 is 55.5 Å². The molecule has 6 rings (SSSR count). The van der Waals surface area contributed by atoms with Gasteiger partial charge in [-0.3, -0.25) is 9.59 Å². The lowest BCUT2D eigenvalue weighted by Crippen LogP contribution is -2.46. The van der Waals surface area contributed by atoms with Gasteiger partial charge in [-0.15, -0.1) is 0 Å². The average molecular weight is 734 g/mol. The number of alkyl halides is 6. The van der Waals surface area contributed by atoms with Crippen molar-refractivity contribution >= 4 is 42.3 Å². The van der Waals surface area contributed by atoms with E-state index in [0.717, 1.165) is 5.57 Å². The van der Waals surface area contributed by atoms with Gasteiger partial charge in [-0.2, -0.15) is 26.3 Å². The maximum absolute atomic E-state index is 14.1. The number of phenols is 1. The zero-order valence-corrected chi connectivity index (χ0v) is 27.7. The molecule has 0 spiro atoms. The summed E-state index contributed by atoms with van der Waals surface area (Å²) < 4.78 is 94.5. The van der Waals surface area contributed by atoms with Crippen LogP contribution in [0.5, 0.6) is 11.5 Å². The molecule has 2 N–H and O–H groups in total. The van der Waals surface area contributed by atoms with E-state index in [-0.39, 0.29) is 31.2 Å². The minimum atomic E-state index is -5.19. The van der Waals surface area contributed by atoms with Crippen molar-refractivity contribution in [1.82, 2.24) is 0 Å². The highest BCUT2D eigenvalue weighted by atomic mass is 35.5. The van der Waals surface area contributed by atoms with E-state index in [1.165, 1.54) is 12.1 Å². The number of aromatic hydroxyl groups is 1. The van der Waals surface area contributed by atoms with Crippen molar-refractivity contribution in [1.29, 1.82) is 0 Å². The minimum Gasteiger partial charge on any atom is -0.508 e. The van der Waals surface area contributed by atoms with Gasteiger partial charge in [0.2, 0.25) is 11.8 Å². The second-order valence-corrected chi connectivity index (χ2v) is 13.3. The first-order chi connectivity index (χ1) is 24.0. The average Bonchev–Trinajstić information content (AvgIpc) is 3.31. The maximum atomic E-state index is 14.1. The zero-order chi connectivity index (χ0) is 36.8. The van der Waals surface area contributed by atoms with E-state index < -0.39 is 72.0 Å². The molecule has 15 heteroatoms. The third-order valence-corrected chi connectivity index (χ3v) is 9.81. The van der Waals surface area contributed by atoms with Crippen molar-refractivity contribution in [2.75, 3.05) is 11.5 Å². The summed E-state index contributed by atoms with van der Waals surface area (Å²) in [5.74, 6) is -4.51. The summed E-state index contributed by atoms with van der Waals surface area (Å²) in [4.78, 5) is 28.4. The van der Waals surface area contributed by atoms with E-state index in [4.69, 9.17) is 21.0 Å². The lowest BCUT2D eigenvalue weighted by molar-refractivity contribution is -0.143. The molecule has 2 fully saturated rings. The summed E-state index contributed by atoms with van der Waals surface area (Å²) in [6.45, 7) is 1.81. The number of allylic oxidation sites excluding steroid dienone is 1. The molecule has 0 unspecified atom stereocenters. The maximum Gasteiger partial charge on any atom is 0.455 e. The van der Waals surface area contributed by atoms with E-state index in [2.05, 4.69) is 0 Å². The second kappa shape index (κ2) is 14.0. The van der Waals surface area contributed by atoms with Gasteiger partial charge in [0, 0.05) is 0 Å². The van der Waals surface area contributed by atoms with Gasteiger partial charge in [0.25, 0.3) is 0 Å². The van der Waals surface area contributed by atoms with Crippen LogP contribution in [-0.2, 0) is 26.6 Å². The number of carbonyl (C=O) groups excluding carboxylic acids is 2. The number of halogens is 7. The third kappa shape index (κ3) is 7.68. The number of amides is 2. The Balaban J connectivity index is 1.36. The minimum absolute atomic E-state index is 0.00517. The van der Waals surface area contributed by atoms with Crippen LogP contribution >= 0.6 is 11.6 Å². The van der Waals surface area contributed by atoms with E-state index in [9.17, 15) is 46.1 Å². The molecular formula is C36H31BClF6NO6. The Morgan fingerprint density at radius 3 is 2.27 bits per heavy atom. The number of fused-ring (bicyclic) bond motifs is 3. The molecule has 0 bridgehead atoms. The molecule has 3 aliphatic rings. The predicted octanol–water partition coefficient (Wildman–Crippen LogP) is 8.35. The summed E-state index contributed by atoms with van der Waals surface area (Å²) in [7, 11) is -1.38. The van der Waals surface area contributed by atoms with Crippen LogP contribution in [0.15, 0.2) is 83.4 Å². The highest BCUT2D eigenvalue weighted by Crippen LogP contribution is 2.52. The van der Waals surface area contributed by atoms with E-state index in [0.29, 0.717) is 57.4 Å². The standard InChI is InChI=1S/C36H31BClF6NO6/c1-19(11-20-8-9-25(46)16-29(20)38)7-10-30-31-21(18-50-26-5-3-2-4-6-26)12-27-32(28(31)17-37(49)51-30)34(48)45(33(27)47)24-14-22(35(39,40)41)13-23(15-24)36(42,43)44/h2-6,8-9,11,13-16,27-28,30,32,46,49H,7,10,12,17-18H2,1H3/b19-11+/t27-,28+,30-,32-/m1/s1. The molecule has 0 aromatic heterocycles. The molecule has 268 valence electrons. The van der Waals surface area contributed by atoms with Crippen molar-refractivity contribution in [2.24, 2.45) is 17.8 Å². The number of hydrogen-bond donors (Lipinski definition) is 2. The number of benzene rings is 3. The van der Waals surface area contributed by atoms with Gasteiger partial charge in [-0.1, -0.05) is 41.4 Å². The molecule has 7 nitrogen and oxygen atoms in total. The van der Waals surface area contributed by atoms with Crippen LogP contribution in [-0.4, -0.2) is 41.8 Å². The van der Waals surface area contributed by atoms with Gasteiger partial charge >= 0.3 is 19.5 Å². The number of ether oxygens (including phenoxy) is 1. The predicted molar refractivity (Wildman–Crippen MR) is 177 cm³/mol. The number of carbonyl (C=O) groups is 2. The fourth-order valence-corrected chi connectivity index (χ4v) is 7.46. The molecule has 3 aromatic rings. The van der Waals surface area contributed by atoms with Crippen LogP contribution < -0.4 is 9.64 Å². The van der Waals surface area contributed by atoms with Gasteiger partial charge in [0.15, 0.2) is 0 Å². The Labute approximate surface area is 294 Å². The SMILES string of the molecule is C/C(=C\c1ccc(O)cc1Cl)CC[C@H]1OB(O)C[C@H]2C1=C(COc1ccccc1)C[C@H]1C(=O)N(c3cc(C(F)(F)F)cc(C(F)(F)F)c3)C(=O)[C@H]12. The van der Waals surface area contributed by atoms with Crippen LogP contribution in [0.3, 0.4) is 0 Å². The van der Waals surface area contributed by atoms with Crippen molar-refractivity contribution in [3.05, 3.63) is 105 Å². The first kappa shape index (κ1) is 36.5. The fraction of sp³-hybridized carbons (Fsp3) is 0.333. The van der Waals surface area contributed by atoms with Gasteiger partial charge in [0.05, 0.1) is 39.8 Å². The number of imide groups is 1. The van der Waals surface area contributed by atoms with E-state index >= 15 is 0 Å². The number of rotatable bonds is 8. The molecule has 3 aromatic carbocycles. The topological polar surface area (TPSA) is 96.3 Å². The molecule has 2 amide bonds. The summed E-state index contributed by atoms with van der Waals surface area (Å²) >= 11 is 6.27. The third-order valence-electron chi connectivity index (χ3n) is 9.48. The van der Waals surface area contributed by atoms with Crippen LogP contribution in [0.2, 0.25) is 11.3 Å². The van der Waals surface area contributed by atoms with Gasteiger partial charge in [0.1, 0.15) is 18.1 Å². The van der Waals surface area contributed by atoms with Gasteiger partial charge in [-0.05, 0) is 104 Å². The summed E-state index contributed by atoms with van der Waals surface area (Å²) in [5, 5.41) is 20.9. The smallest absolute Gasteiger partial charge is 0.455 e. The molecular weight excluding hydrogens is 703 g/mol. The number of hydrogen-bond acceptors (Lipinski definition) is 6. The molecule has 0 radical (unpaired) electrons.